The van der Waals surface area contributed by atoms with E-state index in [9.17, 15) is 4.79 Å². The van der Waals surface area contributed by atoms with Crippen LogP contribution in [0.5, 0.6) is 0 Å². The van der Waals surface area contributed by atoms with Crippen molar-refractivity contribution in [1.29, 1.82) is 0 Å². The second-order valence-electron chi connectivity index (χ2n) is 5.24. The van der Waals surface area contributed by atoms with Crippen LogP contribution in [-0.4, -0.2) is 33.6 Å². The van der Waals surface area contributed by atoms with Crippen molar-refractivity contribution in [1.82, 2.24) is 15.0 Å². The number of pyridine rings is 1. The highest BCUT2D eigenvalue weighted by Crippen LogP contribution is 2.45. The average Bonchev–Trinajstić information content (AvgIpc) is 2.88. The van der Waals surface area contributed by atoms with E-state index in [1.54, 1.807) is 29.7 Å². The van der Waals surface area contributed by atoms with Crippen molar-refractivity contribution < 1.29 is 4.79 Å². The largest absolute Gasteiger partial charge is 0.358 e. The van der Waals surface area contributed by atoms with Crippen LogP contribution in [0.4, 0.5) is 16.3 Å². The van der Waals surface area contributed by atoms with E-state index in [-0.39, 0.29) is 12.1 Å². The fourth-order valence-electron chi connectivity index (χ4n) is 3.29. The predicted octanol–water partition coefficient (Wildman–Crippen LogP) is 1.09. The zero-order valence-corrected chi connectivity index (χ0v) is 11.3. The fraction of sp³-hybridized carbons (Fsp3) is 0.286. The molecule has 0 aliphatic carbocycles. The summed E-state index contributed by atoms with van der Waals surface area (Å²) in [5.74, 6) is 0.632. The maximum absolute atomic E-state index is 11.8. The van der Waals surface area contributed by atoms with E-state index in [1.807, 2.05) is 12.1 Å². The SMILES string of the molecule is NC(=O)N1c2ncccc2N2CC1CC2c1cnccn1. The molecule has 0 aromatic carbocycles. The zero-order valence-electron chi connectivity index (χ0n) is 11.3. The molecule has 1 saturated heterocycles. The van der Waals surface area contributed by atoms with E-state index in [4.69, 9.17) is 5.73 Å². The van der Waals surface area contributed by atoms with E-state index >= 15 is 0 Å². The number of amides is 2. The highest BCUT2D eigenvalue weighted by Gasteiger charge is 2.45. The Morgan fingerprint density at radius 2 is 2.19 bits per heavy atom. The third-order valence-corrected chi connectivity index (χ3v) is 4.11. The van der Waals surface area contributed by atoms with E-state index in [0.717, 1.165) is 24.3 Å². The topological polar surface area (TPSA) is 88.2 Å². The van der Waals surface area contributed by atoms with Crippen LogP contribution >= 0.6 is 0 Å². The first kappa shape index (κ1) is 12.1. The van der Waals surface area contributed by atoms with Gasteiger partial charge in [0.15, 0.2) is 5.82 Å². The third kappa shape index (κ3) is 1.74. The van der Waals surface area contributed by atoms with Crippen LogP contribution < -0.4 is 15.5 Å². The fourth-order valence-corrected chi connectivity index (χ4v) is 3.29. The molecule has 2 unspecified atom stereocenters. The molecule has 2 N–H and O–H groups in total. The Balaban J connectivity index is 1.82. The Hall–Kier alpha value is -2.70. The van der Waals surface area contributed by atoms with Crippen molar-refractivity contribution in [3.05, 3.63) is 42.6 Å². The lowest BCUT2D eigenvalue weighted by atomic mass is 10.1. The Morgan fingerprint density at radius 3 is 2.95 bits per heavy atom. The van der Waals surface area contributed by atoms with E-state index in [1.165, 1.54) is 0 Å². The number of primary amides is 1. The van der Waals surface area contributed by atoms with Gasteiger partial charge in [-0.15, -0.1) is 0 Å². The molecule has 2 aliphatic heterocycles. The monoisotopic (exact) mass is 282 g/mol. The van der Waals surface area contributed by atoms with E-state index < -0.39 is 6.03 Å². The molecule has 4 rings (SSSR count). The van der Waals surface area contributed by atoms with E-state index in [0.29, 0.717) is 5.82 Å². The number of anilines is 2. The van der Waals surface area contributed by atoms with Crippen LogP contribution in [0.15, 0.2) is 36.9 Å². The number of hydrogen-bond donors (Lipinski definition) is 1. The van der Waals surface area contributed by atoms with Crippen LogP contribution in [0, 0.1) is 0 Å². The van der Waals surface area contributed by atoms with Crippen LogP contribution in [0.1, 0.15) is 18.2 Å². The van der Waals surface area contributed by atoms with Crippen molar-refractivity contribution in [2.24, 2.45) is 5.73 Å². The number of nitrogens with zero attached hydrogens (tertiary/aromatic N) is 5. The second kappa shape index (κ2) is 4.41. The standard InChI is InChI=1S/C14H14N6O/c15-14(21)20-9-6-12(10-7-16-4-5-17-10)19(8-9)11-2-1-3-18-13(11)20/h1-5,7,9,12H,6,8H2,(H2,15,21). The minimum atomic E-state index is -0.459. The molecular formula is C14H14N6O. The number of urea groups is 1. The maximum atomic E-state index is 11.8. The Labute approximate surface area is 121 Å². The van der Waals surface area contributed by atoms with Gasteiger partial charge in [-0.1, -0.05) is 0 Å². The Kier molecular flexibility index (Phi) is 2.53. The van der Waals surface area contributed by atoms with Crippen LogP contribution in [-0.2, 0) is 0 Å². The summed E-state index contributed by atoms with van der Waals surface area (Å²) in [6.07, 6.45) is 7.58. The van der Waals surface area contributed by atoms with Gasteiger partial charge < -0.3 is 10.6 Å². The molecule has 2 bridgehead atoms. The molecule has 2 amide bonds. The minimum absolute atomic E-state index is 0.0249. The first-order chi connectivity index (χ1) is 10.3. The van der Waals surface area contributed by atoms with Gasteiger partial charge in [0.05, 0.1) is 29.7 Å². The van der Waals surface area contributed by atoms with Gasteiger partial charge in [0.1, 0.15) is 0 Å². The number of carbonyl (C=O) groups excluding carboxylic acids is 1. The first-order valence-corrected chi connectivity index (χ1v) is 6.82. The highest BCUT2D eigenvalue weighted by molar-refractivity contribution is 5.95. The lowest BCUT2D eigenvalue weighted by molar-refractivity contribution is 0.251. The molecule has 0 spiro atoms. The number of nitrogens with two attached hydrogens (primary N) is 1. The van der Waals surface area contributed by atoms with Crippen molar-refractivity contribution in [2.45, 2.75) is 18.5 Å². The molecule has 2 aliphatic rings. The molecular weight excluding hydrogens is 268 g/mol. The first-order valence-electron chi connectivity index (χ1n) is 6.82. The van der Waals surface area contributed by atoms with Crippen molar-refractivity contribution >= 4 is 17.5 Å². The van der Waals surface area contributed by atoms with Gasteiger partial charge in [-0.05, 0) is 18.6 Å². The molecule has 1 fully saturated rings. The molecule has 2 atom stereocenters. The van der Waals surface area contributed by atoms with Crippen molar-refractivity contribution in [2.75, 3.05) is 16.3 Å². The Morgan fingerprint density at radius 1 is 1.29 bits per heavy atom. The summed E-state index contributed by atoms with van der Waals surface area (Å²) in [6.45, 7) is 0.739. The summed E-state index contributed by atoms with van der Waals surface area (Å²) in [7, 11) is 0. The van der Waals surface area contributed by atoms with Gasteiger partial charge in [-0.25, -0.2) is 9.78 Å². The second-order valence-corrected chi connectivity index (χ2v) is 5.24. The molecule has 21 heavy (non-hydrogen) atoms. The maximum Gasteiger partial charge on any atom is 0.320 e. The molecule has 0 radical (unpaired) electrons. The summed E-state index contributed by atoms with van der Waals surface area (Å²) >= 11 is 0. The molecule has 106 valence electrons. The average molecular weight is 282 g/mol. The lowest BCUT2D eigenvalue weighted by Gasteiger charge is -2.35. The van der Waals surface area contributed by atoms with Crippen molar-refractivity contribution in [3.63, 3.8) is 0 Å². The summed E-state index contributed by atoms with van der Waals surface area (Å²) < 4.78 is 0. The summed E-state index contributed by atoms with van der Waals surface area (Å²) in [5.41, 5.74) is 7.37. The third-order valence-electron chi connectivity index (χ3n) is 4.11. The van der Waals surface area contributed by atoms with Crippen LogP contribution in [0.2, 0.25) is 0 Å². The number of carbonyl (C=O) groups is 1. The normalized spacial score (nSPS) is 23.0. The van der Waals surface area contributed by atoms with Gasteiger partial charge in [0.25, 0.3) is 0 Å². The molecule has 4 heterocycles. The van der Waals surface area contributed by atoms with Gasteiger partial charge in [-0.2, -0.15) is 0 Å². The lowest BCUT2D eigenvalue weighted by Crippen LogP contribution is -2.48. The smallest absolute Gasteiger partial charge is 0.320 e. The zero-order chi connectivity index (χ0) is 14.4. The molecule has 7 heteroatoms. The summed E-state index contributed by atoms with van der Waals surface area (Å²) in [5, 5.41) is 0. The minimum Gasteiger partial charge on any atom is -0.358 e. The van der Waals surface area contributed by atoms with Gasteiger partial charge in [0.2, 0.25) is 0 Å². The quantitative estimate of drug-likeness (QED) is 0.845. The van der Waals surface area contributed by atoms with Gasteiger partial charge in [-0.3, -0.25) is 14.9 Å². The predicted molar refractivity (Wildman–Crippen MR) is 76.8 cm³/mol. The molecule has 0 saturated carbocycles. The molecule has 2 aromatic rings. The number of fused-ring (bicyclic) bond motifs is 4. The number of rotatable bonds is 1. The van der Waals surface area contributed by atoms with E-state index in [2.05, 4.69) is 19.9 Å². The van der Waals surface area contributed by atoms with Crippen molar-refractivity contribution in [3.8, 4) is 0 Å². The highest BCUT2D eigenvalue weighted by atomic mass is 16.2. The van der Waals surface area contributed by atoms with Gasteiger partial charge >= 0.3 is 6.03 Å². The molecule has 7 nitrogen and oxygen atoms in total. The number of aromatic nitrogens is 3. The summed E-state index contributed by atoms with van der Waals surface area (Å²) in [4.78, 5) is 28.5. The summed E-state index contributed by atoms with van der Waals surface area (Å²) in [6, 6.07) is 3.49. The van der Waals surface area contributed by atoms with Crippen LogP contribution in [0.3, 0.4) is 0 Å². The van der Waals surface area contributed by atoms with Crippen LogP contribution in [0.25, 0.3) is 0 Å². The van der Waals surface area contributed by atoms with Gasteiger partial charge in [0, 0.05) is 25.1 Å². The Bertz CT molecular complexity index is 691. The number of hydrogen-bond acceptors (Lipinski definition) is 5. The molecule has 2 aromatic heterocycles.